The summed E-state index contributed by atoms with van der Waals surface area (Å²) < 4.78 is 12.5. The highest BCUT2D eigenvalue weighted by atomic mass is 32.2. The summed E-state index contributed by atoms with van der Waals surface area (Å²) >= 11 is 1.35. The van der Waals surface area contributed by atoms with Gasteiger partial charge in [0.1, 0.15) is 11.5 Å². The molecular formula is C21H27N5O3S. The molecule has 0 aliphatic carbocycles. The van der Waals surface area contributed by atoms with Crippen LogP contribution in [0, 0.1) is 0 Å². The minimum Gasteiger partial charge on any atom is -0.497 e. The Hall–Kier alpha value is -2.78. The maximum absolute atomic E-state index is 12.3. The highest BCUT2D eigenvalue weighted by molar-refractivity contribution is 7.99. The molecule has 30 heavy (non-hydrogen) atoms. The summed E-state index contributed by atoms with van der Waals surface area (Å²) in [7, 11) is 5.69. The van der Waals surface area contributed by atoms with Crippen LogP contribution in [0.4, 0.5) is 0 Å². The van der Waals surface area contributed by atoms with Crippen molar-refractivity contribution >= 4 is 17.7 Å². The van der Waals surface area contributed by atoms with Crippen LogP contribution in [0.2, 0.25) is 0 Å². The maximum atomic E-state index is 12.3. The Morgan fingerprint density at radius 1 is 1.27 bits per heavy atom. The van der Waals surface area contributed by atoms with Gasteiger partial charge in [0, 0.05) is 5.69 Å². The summed E-state index contributed by atoms with van der Waals surface area (Å²) in [6.07, 6.45) is 2.47. The van der Waals surface area contributed by atoms with Gasteiger partial charge in [0.2, 0.25) is 5.91 Å². The van der Waals surface area contributed by atoms with Crippen molar-refractivity contribution in [1.29, 1.82) is 0 Å². The van der Waals surface area contributed by atoms with Gasteiger partial charge in [-0.05, 0) is 56.9 Å². The number of thioether (sulfide) groups is 1. The molecule has 1 atom stereocenters. The van der Waals surface area contributed by atoms with Gasteiger partial charge >= 0.3 is 0 Å². The normalized spacial score (nSPS) is 12.2. The van der Waals surface area contributed by atoms with Crippen molar-refractivity contribution in [3.63, 3.8) is 0 Å². The average Bonchev–Trinajstić information content (AvgIpc) is 3.41. The number of amides is 1. The molecular weight excluding hydrogens is 402 g/mol. The molecule has 3 rings (SSSR count). The number of ether oxygens (including phenoxy) is 1. The molecule has 1 aromatic carbocycles. The second-order valence-electron chi connectivity index (χ2n) is 6.91. The third-order valence-electron chi connectivity index (χ3n) is 4.67. The number of carbonyl (C=O) groups excluding carboxylic acids is 1. The second-order valence-corrected chi connectivity index (χ2v) is 7.85. The van der Waals surface area contributed by atoms with Crippen LogP contribution in [0.1, 0.15) is 31.0 Å². The van der Waals surface area contributed by atoms with Crippen LogP contribution >= 0.6 is 11.8 Å². The summed E-state index contributed by atoms with van der Waals surface area (Å²) in [5.41, 5.74) is 0.926. The molecule has 2 heterocycles. The maximum Gasteiger partial charge on any atom is 0.230 e. The number of nitrogens with zero attached hydrogens (tertiary/aromatic N) is 4. The van der Waals surface area contributed by atoms with Crippen molar-refractivity contribution in [2.75, 3.05) is 27.0 Å². The fourth-order valence-electron chi connectivity index (χ4n) is 3.12. The van der Waals surface area contributed by atoms with E-state index in [2.05, 4.69) is 27.3 Å². The van der Waals surface area contributed by atoms with Crippen LogP contribution in [-0.4, -0.2) is 52.5 Å². The Bertz CT molecular complexity index is 938. The van der Waals surface area contributed by atoms with Crippen LogP contribution in [0.3, 0.4) is 0 Å². The van der Waals surface area contributed by atoms with E-state index in [1.54, 1.807) is 19.4 Å². The molecule has 160 valence electrons. The number of benzene rings is 1. The van der Waals surface area contributed by atoms with E-state index in [1.165, 1.54) is 11.8 Å². The Labute approximate surface area is 180 Å². The van der Waals surface area contributed by atoms with Gasteiger partial charge in [-0.3, -0.25) is 14.3 Å². The van der Waals surface area contributed by atoms with Gasteiger partial charge < -0.3 is 14.5 Å². The van der Waals surface area contributed by atoms with Gasteiger partial charge in [-0.1, -0.05) is 18.7 Å². The smallest absolute Gasteiger partial charge is 0.230 e. The number of hydrogen-bond donors (Lipinski definition) is 1. The molecule has 0 bridgehead atoms. The lowest BCUT2D eigenvalue weighted by Crippen LogP contribution is -2.25. The number of nitrogens with one attached hydrogen (secondary N) is 1. The zero-order valence-corrected chi connectivity index (χ0v) is 18.5. The molecule has 9 heteroatoms. The summed E-state index contributed by atoms with van der Waals surface area (Å²) in [6.45, 7) is 2.48. The van der Waals surface area contributed by atoms with Crippen LogP contribution in [0.25, 0.3) is 5.69 Å². The lowest BCUT2D eigenvalue weighted by Gasteiger charge is -2.23. The zero-order valence-electron chi connectivity index (χ0n) is 17.7. The molecule has 2 aromatic heterocycles. The number of rotatable bonds is 10. The highest BCUT2D eigenvalue weighted by Gasteiger charge is 2.23. The monoisotopic (exact) mass is 429 g/mol. The van der Waals surface area contributed by atoms with Crippen LogP contribution in [-0.2, 0) is 11.3 Å². The molecule has 8 nitrogen and oxygen atoms in total. The Kier molecular flexibility index (Phi) is 7.53. The van der Waals surface area contributed by atoms with Gasteiger partial charge in [0.05, 0.1) is 31.7 Å². The largest absolute Gasteiger partial charge is 0.497 e. The van der Waals surface area contributed by atoms with E-state index in [4.69, 9.17) is 9.15 Å². The fourth-order valence-corrected chi connectivity index (χ4v) is 3.91. The third-order valence-corrected chi connectivity index (χ3v) is 5.60. The second kappa shape index (κ2) is 10.3. The standard InChI is InChI=1S/C21H27N5O3S/c1-5-18(25(2)3)20-23-24-21(26(20)15-8-10-16(28-4)11-9-15)30-14-19(27)22-13-17-7-6-12-29-17/h6-12,18H,5,13-14H2,1-4H3,(H,22,27). The molecule has 0 aliphatic rings. The lowest BCUT2D eigenvalue weighted by molar-refractivity contribution is -0.118. The molecule has 0 aliphatic heterocycles. The van der Waals surface area contributed by atoms with Crippen LogP contribution in [0.15, 0.2) is 52.2 Å². The first-order chi connectivity index (χ1) is 14.5. The van der Waals surface area contributed by atoms with E-state index in [0.29, 0.717) is 17.5 Å². The summed E-state index contributed by atoms with van der Waals surface area (Å²) in [5.74, 6) is 2.47. The average molecular weight is 430 g/mol. The van der Waals surface area contributed by atoms with E-state index >= 15 is 0 Å². The van der Waals surface area contributed by atoms with Crippen molar-refractivity contribution in [2.45, 2.75) is 31.1 Å². The molecule has 0 spiro atoms. The third kappa shape index (κ3) is 5.22. The van der Waals surface area contributed by atoms with Gasteiger partial charge in [0.15, 0.2) is 11.0 Å². The molecule has 1 amide bonds. The number of hydrogen-bond acceptors (Lipinski definition) is 7. The highest BCUT2D eigenvalue weighted by Crippen LogP contribution is 2.29. The first kappa shape index (κ1) is 21.9. The fraction of sp³-hybridized carbons (Fsp3) is 0.381. The van der Waals surface area contributed by atoms with Gasteiger partial charge in [-0.2, -0.15) is 0 Å². The topological polar surface area (TPSA) is 85.4 Å². The van der Waals surface area contributed by atoms with Crippen molar-refractivity contribution in [3.05, 3.63) is 54.2 Å². The van der Waals surface area contributed by atoms with Crippen molar-refractivity contribution < 1.29 is 13.9 Å². The summed E-state index contributed by atoms with van der Waals surface area (Å²) in [6, 6.07) is 11.5. The summed E-state index contributed by atoms with van der Waals surface area (Å²) in [5, 5.41) is 12.4. The number of aromatic nitrogens is 3. The van der Waals surface area contributed by atoms with Crippen molar-refractivity contribution in [1.82, 2.24) is 25.0 Å². The predicted octanol–water partition coefficient (Wildman–Crippen LogP) is 3.29. The number of methoxy groups -OCH3 is 1. The molecule has 0 saturated heterocycles. The Balaban J connectivity index is 1.80. The minimum atomic E-state index is -0.0955. The SMILES string of the molecule is CCC(c1nnc(SCC(=O)NCc2ccco2)n1-c1ccc(OC)cc1)N(C)C. The molecule has 1 N–H and O–H groups in total. The zero-order chi connectivity index (χ0) is 21.5. The van der Waals surface area contributed by atoms with E-state index in [0.717, 1.165) is 23.7 Å². The van der Waals surface area contributed by atoms with Crippen molar-refractivity contribution in [3.8, 4) is 11.4 Å². The summed E-state index contributed by atoms with van der Waals surface area (Å²) in [4.78, 5) is 14.4. The number of carbonyl (C=O) groups is 1. The molecule has 0 radical (unpaired) electrons. The van der Waals surface area contributed by atoms with Crippen LogP contribution in [0.5, 0.6) is 5.75 Å². The number of furan rings is 1. The molecule has 1 unspecified atom stereocenters. The molecule has 0 saturated carbocycles. The van der Waals surface area contributed by atoms with Crippen molar-refractivity contribution in [2.24, 2.45) is 0 Å². The molecule has 0 fully saturated rings. The van der Waals surface area contributed by atoms with E-state index < -0.39 is 0 Å². The molecule has 3 aromatic rings. The lowest BCUT2D eigenvalue weighted by atomic mass is 10.2. The quantitative estimate of drug-likeness (QED) is 0.495. The van der Waals surface area contributed by atoms with E-state index in [-0.39, 0.29) is 17.7 Å². The minimum absolute atomic E-state index is 0.0955. The first-order valence-corrected chi connectivity index (χ1v) is 10.7. The van der Waals surface area contributed by atoms with Gasteiger partial charge in [-0.15, -0.1) is 10.2 Å². The Morgan fingerprint density at radius 2 is 2.03 bits per heavy atom. The van der Waals surface area contributed by atoms with Gasteiger partial charge in [0.25, 0.3) is 0 Å². The van der Waals surface area contributed by atoms with E-state index in [9.17, 15) is 4.79 Å². The van der Waals surface area contributed by atoms with Gasteiger partial charge in [-0.25, -0.2) is 0 Å². The van der Waals surface area contributed by atoms with Crippen LogP contribution < -0.4 is 10.1 Å². The first-order valence-electron chi connectivity index (χ1n) is 9.71. The predicted molar refractivity (Wildman–Crippen MR) is 116 cm³/mol. The van der Waals surface area contributed by atoms with E-state index in [1.807, 2.05) is 49.0 Å². The Morgan fingerprint density at radius 3 is 2.63 bits per heavy atom.